The first kappa shape index (κ1) is 26.9. The fourth-order valence-electron chi connectivity index (χ4n) is 4.34. The number of hydrogen-bond acceptors (Lipinski definition) is 4. The van der Waals surface area contributed by atoms with Crippen molar-refractivity contribution < 1.29 is 17.9 Å². The first-order valence-corrected chi connectivity index (χ1v) is 13.9. The molecule has 0 spiro atoms. The molecule has 1 N–H and O–H groups in total. The highest BCUT2D eigenvalue weighted by Gasteiger charge is 2.25. The van der Waals surface area contributed by atoms with Gasteiger partial charge in [0.15, 0.2) is 0 Å². The van der Waals surface area contributed by atoms with Crippen LogP contribution in [-0.2, 0) is 16.6 Å². The molecule has 4 aromatic rings. The fourth-order valence-corrected chi connectivity index (χ4v) is 5.81. The van der Waals surface area contributed by atoms with Gasteiger partial charge < -0.3 is 10.1 Å². The van der Waals surface area contributed by atoms with Crippen molar-refractivity contribution in [1.82, 2.24) is 5.32 Å². The first-order valence-electron chi connectivity index (χ1n) is 12.5. The Balaban J connectivity index is 1.53. The summed E-state index contributed by atoms with van der Waals surface area (Å²) in [6, 6.07) is 30.2. The average molecular weight is 529 g/mol. The third-order valence-electron chi connectivity index (χ3n) is 6.45. The quantitative estimate of drug-likeness (QED) is 0.263. The smallest absolute Gasteiger partial charge is 0.264 e. The lowest BCUT2D eigenvalue weighted by Crippen LogP contribution is -2.30. The molecule has 1 amide bonds. The standard InChI is InChI=1S/C31H32N2O4S/c1-4-29(26-19-20-30(37-3)23(2)21-26)32-31(34)25-17-15-24(16-18-25)22-33(27-11-7-5-8-12-27)38(35,36)28-13-9-6-10-14-28/h5-21,29H,4,22H2,1-3H3,(H,32,34). The van der Waals surface area contributed by atoms with Crippen molar-refractivity contribution in [2.45, 2.75) is 37.8 Å². The van der Waals surface area contributed by atoms with Gasteiger partial charge in [-0.25, -0.2) is 8.42 Å². The number of nitrogens with one attached hydrogen (secondary N) is 1. The summed E-state index contributed by atoms with van der Waals surface area (Å²) < 4.78 is 33.8. The number of benzene rings is 4. The highest BCUT2D eigenvalue weighted by Crippen LogP contribution is 2.27. The molecule has 38 heavy (non-hydrogen) atoms. The maximum Gasteiger partial charge on any atom is 0.264 e. The van der Waals surface area contributed by atoms with Gasteiger partial charge >= 0.3 is 0 Å². The molecule has 0 bridgehead atoms. The number of amides is 1. The van der Waals surface area contributed by atoms with Crippen molar-refractivity contribution in [1.29, 1.82) is 0 Å². The number of para-hydroxylation sites is 1. The van der Waals surface area contributed by atoms with E-state index in [0.717, 1.165) is 28.9 Å². The van der Waals surface area contributed by atoms with Crippen molar-refractivity contribution >= 4 is 21.6 Å². The summed E-state index contributed by atoms with van der Waals surface area (Å²) in [6.45, 7) is 4.14. The van der Waals surface area contributed by atoms with Gasteiger partial charge in [0.1, 0.15) is 5.75 Å². The van der Waals surface area contributed by atoms with Gasteiger partial charge in [-0.2, -0.15) is 0 Å². The van der Waals surface area contributed by atoms with E-state index in [0.29, 0.717) is 11.3 Å². The Morgan fingerprint density at radius 3 is 2.11 bits per heavy atom. The van der Waals surface area contributed by atoms with Crippen LogP contribution in [-0.4, -0.2) is 21.4 Å². The van der Waals surface area contributed by atoms with Gasteiger partial charge in [0.2, 0.25) is 0 Å². The van der Waals surface area contributed by atoms with Crippen LogP contribution in [0.1, 0.15) is 46.4 Å². The first-order chi connectivity index (χ1) is 18.3. The molecule has 0 aliphatic carbocycles. The lowest BCUT2D eigenvalue weighted by Gasteiger charge is -2.25. The van der Waals surface area contributed by atoms with Gasteiger partial charge in [-0.05, 0) is 72.5 Å². The van der Waals surface area contributed by atoms with Crippen molar-refractivity contribution in [2.24, 2.45) is 0 Å². The number of carbonyl (C=O) groups is 1. The van der Waals surface area contributed by atoms with Crippen LogP contribution in [0.4, 0.5) is 5.69 Å². The zero-order valence-electron chi connectivity index (χ0n) is 21.8. The topological polar surface area (TPSA) is 75.7 Å². The number of anilines is 1. The summed E-state index contributed by atoms with van der Waals surface area (Å²) >= 11 is 0. The van der Waals surface area contributed by atoms with Crippen LogP contribution in [0.3, 0.4) is 0 Å². The molecular formula is C31H32N2O4S. The largest absolute Gasteiger partial charge is 0.496 e. The molecule has 0 heterocycles. The molecule has 0 fully saturated rings. The van der Waals surface area contributed by atoms with Gasteiger partial charge in [-0.1, -0.05) is 67.6 Å². The molecule has 196 valence electrons. The van der Waals surface area contributed by atoms with E-state index >= 15 is 0 Å². The number of nitrogens with zero attached hydrogens (tertiary/aromatic N) is 1. The van der Waals surface area contributed by atoms with E-state index in [2.05, 4.69) is 5.32 Å². The summed E-state index contributed by atoms with van der Waals surface area (Å²) in [5.41, 5.74) is 3.87. The van der Waals surface area contributed by atoms with E-state index in [4.69, 9.17) is 4.74 Å². The lowest BCUT2D eigenvalue weighted by molar-refractivity contribution is 0.0935. The van der Waals surface area contributed by atoms with Crippen LogP contribution in [0.2, 0.25) is 0 Å². The van der Waals surface area contributed by atoms with Gasteiger partial charge in [0.05, 0.1) is 30.3 Å². The molecule has 0 aliphatic rings. The van der Waals surface area contributed by atoms with E-state index in [9.17, 15) is 13.2 Å². The van der Waals surface area contributed by atoms with Gasteiger partial charge in [-0.15, -0.1) is 0 Å². The lowest BCUT2D eigenvalue weighted by atomic mass is 10.0. The number of ether oxygens (including phenoxy) is 1. The second-order valence-electron chi connectivity index (χ2n) is 9.02. The Labute approximate surface area is 225 Å². The molecule has 0 saturated heterocycles. The van der Waals surface area contributed by atoms with Crippen LogP contribution in [0.25, 0.3) is 0 Å². The van der Waals surface area contributed by atoms with Gasteiger partial charge in [0.25, 0.3) is 15.9 Å². The van der Waals surface area contributed by atoms with Crippen molar-refractivity contribution in [3.63, 3.8) is 0 Å². The molecule has 1 atom stereocenters. The predicted octanol–water partition coefficient (Wildman–Crippen LogP) is 6.28. The third kappa shape index (κ3) is 6.06. The summed E-state index contributed by atoms with van der Waals surface area (Å²) in [5.74, 6) is 0.623. The Kier molecular flexibility index (Phi) is 8.48. The maximum absolute atomic E-state index is 13.5. The number of sulfonamides is 1. The average Bonchev–Trinajstić information content (AvgIpc) is 2.95. The van der Waals surface area contributed by atoms with E-state index in [-0.39, 0.29) is 23.4 Å². The van der Waals surface area contributed by atoms with Gasteiger partial charge in [0, 0.05) is 5.56 Å². The Bertz CT molecular complexity index is 1470. The summed E-state index contributed by atoms with van der Waals surface area (Å²) in [7, 11) is -2.15. The number of hydrogen-bond donors (Lipinski definition) is 1. The Morgan fingerprint density at radius 1 is 0.895 bits per heavy atom. The van der Waals surface area contributed by atoms with Crippen molar-refractivity contribution in [3.05, 3.63) is 125 Å². The van der Waals surface area contributed by atoms with Crippen LogP contribution in [0.15, 0.2) is 108 Å². The predicted molar refractivity (Wildman–Crippen MR) is 151 cm³/mol. The van der Waals surface area contributed by atoms with Crippen LogP contribution < -0.4 is 14.4 Å². The van der Waals surface area contributed by atoms with Crippen molar-refractivity contribution in [2.75, 3.05) is 11.4 Å². The summed E-state index contributed by atoms with van der Waals surface area (Å²) in [4.78, 5) is 13.3. The normalized spacial score (nSPS) is 12.0. The molecule has 4 aromatic carbocycles. The van der Waals surface area contributed by atoms with Crippen LogP contribution in [0.5, 0.6) is 5.75 Å². The Morgan fingerprint density at radius 2 is 1.53 bits per heavy atom. The minimum absolute atomic E-state index is 0.131. The highest BCUT2D eigenvalue weighted by atomic mass is 32.2. The number of aryl methyl sites for hydroxylation is 1. The molecule has 0 aliphatic heterocycles. The number of methoxy groups -OCH3 is 1. The van der Waals surface area contributed by atoms with E-state index < -0.39 is 10.0 Å². The van der Waals surface area contributed by atoms with E-state index in [1.165, 1.54) is 4.31 Å². The molecule has 0 aromatic heterocycles. The van der Waals surface area contributed by atoms with Crippen molar-refractivity contribution in [3.8, 4) is 5.75 Å². The minimum Gasteiger partial charge on any atom is -0.496 e. The SMILES string of the molecule is CCC(NC(=O)c1ccc(CN(c2ccccc2)S(=O)(=O)c2ccccc2)cc1)c1ccc(OC)c(C)c1. The van der Waals surface area contributed by atoms with Crippen LogP contribution in [0, 0.1) is 6.92 Å². The molecular weight excluding hydrogens is 496 g/mol. The van der Waals surface area contributed by atoms with Gasteiger partial charge in [-0.3, -0.25) is 9.10 Å². The van der Waals surface area contributed by atoms with E-state index in [1.54, 1.807) is 73.8 Å². The maximum atomic E-state index is 13.5. The fraction of sp³-hybridized carbons (Fsp3) is 0.194. The summed E-state index contributed by atoms with van der Waals surface area (Å²) in [6.07, 6.45) is 0.735. The molecule has 7 heteroatoms. The second-order valence-corrected chi connectivity index (χ2v) is 10.9. The molecule has 1 unspecified atom stereocenters. The second kappa shape index (κ2) is 12.0. The zero-order chi connectivity index (χ0) is 27.1. The molecule has 6 nitrogen and oxygen atoms in total. The third-order valence-corrected chi connectivity index (χ3v) is 8.24. The monoisotopic (exact) mass is 528 g/mol. The minimum atomic E-state index is -3.79. The molecule has 0 saturated carbocycles. The number of rotatable bonds is 10. The van der Waals surface area contributed by atoms with E-state index in [1.807, 2.05) is 50.2 Å². The molecule has 4 rings (SSSR count). The van der Waals surface area contributed by atoms with Crippen LogP contribution >= 0.6 is 0 Å². The number of carbonyl (C=O) groups excluding carboxylic acids is 1. The summed E-state index contributed by atoms with van der Waals surface area (Å²) in [5, 5.41) is 3.11. The highest BCUT2D eigenvalue weighted by molar-refractivity contribution is 7.92. The zero-order valence-corrected chi connectivity index (χ0v) is 22.6. The molecule has 0 radical (unpaired) electrons. The Hall–Kier alpha value is -4.10.